The highest BCUT2D eigenvalue weighted by Gasteiger charge is 2.25. The molecule has 110 valence electrons. The number of ether oxygens (including phenoxy) is 1. The molecule has 2 aromatic carbocycles. The van der Waals surface area contributed by atoms with Crippen LogP contribution in [0.2, 0.25) is 0 Å². The molecule has 0 aromatic heterocycles. The lowest BCUT2D eigenvalue weighted by Crippen LogP contribution is -2.17. The van der Waals surface area contributed by atoms with Crippen LogP contribution in [-0.2, 0) is 6.54 Å². The predicted octanol–water partition coefficient (Wildman–Crippen LogP) is 4.12. The van der Waals surface area contributed by atoms with Gasteiger partial charge in [-0.05, 0) is 55.0 Å². The monoisotopic (exact) mass is 281 g/mol. The van der Waals surface area contributed by atoms with Gasteiger partial charge in [-0.1, -0.05) is 42.5 Å². The lowest BCUT2D eigenvalue weighted by molar-refractivity contribution is 0.308. The number of nitrogens with one attached hydrogen (secondary N) is 1. The van der Waals surface area contributed by atoms with Crippen molar-refractivity contribution in [2.45, 2.75) is 31.7 Å². The minimum Gasteiger partial charge on any atom is -0.494 e. The molecule has 1 N–H and O–H groups in total. The molecule has 3 rings (SSSR count). The van der Waals surface area contributed by atoms with Gasteiger partial charge < -0.3 is 10.1 Å². The first-order valence-electron chi connectivity index (χ1n) is 7.90. The molecule has 0 unspecified atom stereocenters. The summed E-state index contributed by atoms with van der Waals surface area (Å²) in [6, 6.07) is 18.8. The van der Waals surface area contributed by atoms with Crippen LogP contribution in [0.15, 0.2) is 54.6 Å². The van der Waals surface area contributed by atoms with Crippen LogP contribution in [0, 0.1) is 0 Å². The molecule has 1 saturated carbocycles. The number of rotatable bonds is 8. The molecule has 2 nitrogen and oxygen atoms in total. The van der Waals surface area contributed by atoms with Gasteiger partial charge in [0.15, 0.2) is 0 Å². The normalized spacial score (nSPS) is 14.1. The Labute approximate surface area is 127 Å². The first kappa shape index (κ1) is 14.2. The van der Waals surface area contributed by atoms with Gasteiger partial charge >= 0.3 is 0 Å². The highest BCUT2D eigenvalue weighted by atomic mass is 16.5. The third-order valence-corrected chi connectivity index (χ3v) is 3.90. The molecule has 1 aliphatic rings. The van der Waals surface area contributed by atoms with Gasteiger partial charge in [-0.3, -0.25) is 0 Å². The minimum absolute atomic E-state index is 0.765. The largest absolute Gasteiger partial charge is 0.494 e. The quantitative estimate of drug-likeness (QED) is 0.735. The summed E-state index contributed by atoms with van der Waals surface area (Å²) in [5.74, 6) is 1.78. The van der Waals surface area contributed by atoms with E-state index in [4.69, 9.17) is 4.74 Å². The SMILES string of the molecule is c1ccc(OCCCNCc2ccccc2C2CC2)cc1. The second kappa shape index (κ2) is 7.28. The molecule has 1 fully saturated rings. The first-order valence-corrected chi connectivity index (χ1v) is 7.90. The average molecular weight is 281 g/mol. The van der Waals surface area contributed by atoms with E-state index < -0.39 is 0 Å². The van der Waals surface area contributed by atoms with Gasteiger partial charge in [-0.2, -0.15) is 0 Å². The third-order valence-electron chi connectivity index (χ3n) is 3.90. The number of hydrogen-bond donors (Lipinski definition) is 1. The summed E-state index contributed by atoms with van der Waals surface area (Å²) in [5, 5.41) is 3.53. The van der Waals surface area contributed by atoms with Crippen LogP contribution in [0.3, 0.4) is 0 Å². The van der Waals surface area contributed by atoms with Crippen molar-refractivity contribution in [2.24, 2.45) is 0 Å². The molecular formula is C19H23NO. The van der Waals surface area contributed by atoms with E-state index in [-0.39, 0.29) is 0 Å². The van der Waals surface area contributed by atoms with Crippen LogP contribution in [0.4, 0.5) is 0 Å². The summed E-state index contributed by atoms with van der Waals surface area (Å²) in [5.41, 5.74) is 3.01. The fraction of sp³-hybridized carbons (Fsp3) is 0.368. The molecule has 0 amide bonds. The van der Waals surface area contributed by atoms with E-state index in [9.17, 15) is 0 Å². The van der Waals surface area contributed by atoms with Gasteiger partial charge in [-0.25, -0.2) is 0 Å². The van der Waals surface area contributed by atoms with Crippen molar-refractivity contribution in [3.8, 4) is 5.75 Å². The standard InChI is InChI=1S/C19H23NO/c1-2-8-18(9-3-1)21-14-6-13-20-15-17-7-4-5-10-19(17)16-11-12-16/h1-5,7-10,16,20H,6,11-15H2. The molecule has 2 heteroatoms. The molecule has 0 atom stereocenters. The number of para-hydroxylation sites is 1. The molecule has 2 aromatic rings. The smallest absolute Gasteiger partial charge is 0.119 e. The Bertz CT molecular complexity index is 549. The zero-order valence-electron chi connectivity index (χ0n) is 12.4. The Morgan fingerprint density at radius 2 is 1.71 bits per heavy atom. The minimum atomic E-state index is 0.765. The van der Waals surface area contributed by atoms with Crippen molar-refractivity contribution in [1.82, 2.24) is 5.32 Å². The number of hydrogen-bond acceptors (Lipinski definition) is 2. The molecule has 0 saturated heterocycles. The van der Waals surface area contributed by atoms with Gasteiger partial charge in [0.05, 0.1) is 6.61 Å². The Morgan fingerprint density at radius 1 is 0.952 bits per heavy atom. The van der Waals surface area contributed by atoms with E-state index >= 15 is 0 Å². The molecule has 0 heterocycles. The van der Waals surface area contributed by atoms with E-state index in [1.807, 2.05) is 30.3 Å². The van der Waals surface area contributed by atoms with Crippen LogP contribution in [0.5, 0.6) is 5.75 Å². The fourth-order valence-corrected chi connectivity index (χ4v) is 2.61. The van der Waals surface area contributed by atoms with Gasteiger partial charge in [0.1, 0.15) is 5.75 Å². The van der Waals surface area contributed by atoms with Crippen molar-refractivity contribution in [2.75, 3.05) is 13.2 Å². The molecule has 0 aliphatic heterocycles. The van der Waals surface area contributed by atoms with Crippen LogP contribution in [0.1, 0.15) is 36.3 Å². The Hall–Kier alpha value is -1.80. The second-order valence-electron chi connectivity index (χ2n) is 5.66. The summed E-state index contributed by atoms with van der Waals surface area (Å²) in [6.07, 6.45) is 3.75. The van der Waals surface area contributed by atoms with Crippen LogP contribution in [-0.4, -0.2) is 13.2 Å². The summed E-state index contributed by atoms with van der Waals surface area (Å²) >= 11 is 0. The highest BCUT2D eigenvalue weighted by Crippen LogP contribution is 2.41. The maximum absolute atomic E-state index is 5.69. The van der Waals surface area contributed by atoms with Crippen LogP contribution < -0.4 is 10.1 Å². The van der Waals surface area contributed by atoms with E-state index in [0.717, 1.165) is 37.8 Å². The Kier molecular flexibility index (Phi) is 4.90. The van der Waals surface area contributed by atoms with Gasteiger partial charge in [0.25, 0.3) is 0 Å². The maximum atomic E-state index is 5.69. The first-order chi connectivity index (χ1) is 10.4. The Morgan fingerprint density at radius 3 is 2.52 bits per heavy atom. The van der Waals surface area contributed by atoms with Crippen molar-refractivity contribution < 1.29 is 4.74 Å². The van der Waals surface area contributed by atoms with E-state index in [1.54, 1.807) is 5.56 Å². The van der Waals surface area contributed by atoms with Crippen molar-refractivity contribution >= 4 is 0 Å². The van der Waals surface area contributed by atoms with Crippen LogP contribution >= 0.6 is 0 Å². The average Bonchev–Trinajstić information content (AvgIpc) is 3.37. The van der Waals surface area contributed by atoms with E-state index in [1.165, 1.54) is 18.4 Å². The summed E-state index contributed by atoms with van der Waals surface area (Å²) in [7, 11) is 0. The zero-order chi connectivity index (χ0) is 14.3. The lowest BCUT2D eigenvalue weighted by atomic mass is 10.0. The third kappa shape index (κ3) is 4.33. The molecular weight excluding hydrogens is 258 g/mol. The summed E-state index contributed by atoms with van der Waals surface area (Å²) < 4.78 is 5.69. The maximum Gasteiger partial charge on any atom is 0.119 e. The Balaban J connectivity index is 1.35. The van der Waals surface area contributed by atoms with Gasteiger partial charge in [0.2, 0.25) is 0 Å². The van der Waals surface area contributed by atoms with Crippen LogP contribution in [0.25, 0.3) is 0 Å². The second-order valence-corrected chi connectivity index (χ2v) is 5.66. The van der Waals surface area contributed by atoms with Crippen molar-refractivity contribution in [1.29, 1.82) is 0 Å². The summed E-state index contributed by atoms with van der Waals surface area (Å²) in [6.45, 7) is 2.73. The predicted molar refractivity (Wildman–Crippen MR) is 86.7 cm³/mol. The van der Waals surface area contributed by atoms with E-state index in [2.05, 4.69) is 29.6 Å². The molecule has 21 heavy (non-hydrogen) atoms. The zero-order valence-corrected chi connectivity index (χ0v) is 12.4. The topological polar surface area (TPSA) is 21.3 Å². The summed E-state index contributed by atoms with van der Waals surface area (Å²) in [4.78, 5) is 0. The molecule has 0 radical (unpaired) electrons. The van der Waals surface area contributed by atoms with Crippen molar-refractivity contribution in [3.05, 3.63) is 65.7 Å². The molecule has 1 aliphatic carbocycles. The molecule has 0 spiro atoms. The van der Waals surface area contributed by atoms with Gasteiger partial charge in [-0.15, -0.1) is 0 Å². The highest BCUT2D eigenvalue weighted by molar-refractivity contribution is 5.33. The van der Waals surface area contributed by atoms with Crippen molar-refractivity contribution in [3.63, 3.8) is 0 Å². The number of benzene rings is 2. The van der Waals surface area contributed by atoms with Gasteiger partial charge in [0, 0.05) is 6.54 Å². The lowest BCUT2D eigenvalue weighted by Gasteiger charge is -2.10. The van der Waals surface area contributed by atoms with E-state index in [0.29, 0.717) is 0 Å². The fourth-order valence-electron chi connectivity index (χ4n) is 2.61. The molecule has 0 bridgehead atoms.